The number of carbonyl (C=O) groups is 1. The Morgan fingerprint density at radius 2 is 1.54 bits per heavy atom. The molecule has 1 heterocycles. The van der Waals surface area contributed by atoms with E-state index in [9.17, 15) is 4.79 Å². The highest BCUT2D eigenvalue weighted by molar-refractivity contribution is 5.79. The number of aryl methyl sites for hydroxylation is 2. The smallest absolute Gasteiger partial charge is 0.223 e. The van der Waals surface area contributed by atoms with Gasteiger partial charge in [-0.1, -0.05) is 59.7 Å². The van der Waals surface area contributed by atoms with Gasteiger partial charge in [0.05, 0.1) is 6.04 Å². The largest absolute Gasteiger partial charge is 0.349 e. The summed E-state index contributed by atoms with van der Waals surface area (Å²) in [6.07, 6.45) is 1.89. The number of hydrogen-bond donors (Lipinski definition) is 1. The normalized spacial score (nSPS) is 17.0. The zero-order valence-electron chi connectivity index (χ0n) is 16.2. The van der Waals surface area contributed by atoms with Gasteiger partial charge in [0, 0.05) is 12.5 Å². The lowest BCUT2D eigenvalue weighted by Crippen LogP contribution is -2.40. The SMILES string of the molecule is Cc1ccc(CN2CCC(C(=O)N[C@@H](C)c3ccc(C)cc3)CC2)cc1. The van der Waals surface area contributed by atoms with Gasteiger partial charge in [0.15, 0.2) is 0 Å². The van der Waals surface area contributed by atoms with E-state index in [-0.39, 0.29) is 17.9 Å². The molecule has 1 fully saturated rings. The van der Waals surface area contributed by atoms with E-state index in [0.717, 1.165) is 32.5 Å². The summed E-state index contributed by atoms with van der Waals surface area (Å²) in [6.45, 7) is 9.22. The van der Waals surface area contributed by atoms with Crippen LogP contribution in [0.1, 0.15) is 48.1 Å². The van der Waals surface area contributed by atoms with E-state index in [0.29, 0.717) is 0 Å². The lowest BCUT2D eigenvalue weighted by atomic mass is 9.94. The number of hydrogen-bond acceptors (Lipinski definition) is 2. The van der Waals surface area contributed by atoms with Gasteiger partial charge in [-0.05, 0) is 57.8 Å². The summed E-state index contributed by atoms with van der Waals surface area (Å²) >= 11 is 0. The van der Waals surface area contributed by atoms with E-state index in [1.807, 2.05) is 0 Å². The molecule has 1 aliphatic heterocycles. The number of nitrogens with zero attached hydrogens (tertiary/aromatic N) is 1. The molecule has 0 radical (unpaired) electrons. The topological polar surface area (TPSA) is 32.3 Å². The number of piperidine rings is 1. The lowest BCUT2D eigenvalue weighted by molar-refractivity contribution is -0.127. The van der Waals surface area contributed by atoms with Gasteiger partial charge in [-0.2, -0.15) is 0 Å². The van der Waals surface area contributed by atoms with Crippen molar-refractivity contribution >= 4 is 5.91 Å². The molecule has 1 amide bonds. The zero-order valence-corrected chi connectivity index (χ0v) is 16.2. The first-order chi connectivity index (χ1) is 12.5. The van der Waals surface area contributed by atoms with Gasteiger partial charge in [0.2, 0.25) is 5.91 Å². The van der Waals surface area contributed by atoms with Crippen molar-refractivity contribution in [2.75, 3.05) is 13.1 Å². The van der Waals surface area contributed by atoms with Gasteiger partial charge < -0.3 is 5.32 Å². The fourth-order valence-corrected chi connectivity index (χ4v) is 3.57. The maximum absolute atomic E-state index is 12.6. The van der Waals surface area contributed by atoms with Crippen molar-refractivity contribution in [1.29, 1.82) is 0 Å². The first-order valence-electron chi connectivity index (χ1n) is 9.66. The summed E-state index contributed by atoms with van der Waals surface area (Å²) < 4.78 is 0. The molecule has 0 bridgehead atoms. The Hall–Kier alpha value is -2.13. The van der Waals surface area contributed by atoms with Gasteiger partial charge >= 0.3 is 0 Å². The summed E-state index contributed by atoms with van der Waals surface area (Å²) in [5.74, 6) is 0.338. The van der Waals surface area contributed by atoms with Crippen molar-refractivity contribution < 1.29 is 4.79 Å². The molecule has 0 aliphatic carbocycles. The van der Waals surface area contributed by atoms with Crippen LogP contribution in [0.3, 0.4) is 0 Å². The molecule has 26 heavy (non-hydrogen) atoms. The number of likely N-dealkylation sites (tertiary alicyclic amines) is 1. The fraction of sp³-hybridized carbons (Fsp3) is 0.435. The van der Waals surface area contributed by atoms with Crippen LogP contribution in [0.15, 0.2) is 48.5 Å². The first kappa shape index (κ1) is 18.7. The maximum atomic E-state index is 12.6. The Balaban J connectivity index is 1.47. The summed E-state index contributed by atoms with van der Waals surface area (Å²) in [5.41, 5.74) is 5.06. The first-order valence-corrected chi connectivity index (χ1v) is 9.66. The van der Waals surface area contributed by atoms with E-state index in [4.69, 9.17) is 0 Å². The fourth-order valence-electron chi connectivity index (χ4n) is 3.57. The molecule has 2 aromatic carbocycles. The molecule has 0 saturated carbocycles. The third kappa shape index (κ3) is 4.95. The van der Waals surface area contributed by atoms with Crippen LogP contribution in [-0.4, -0.2) is 23.9 Å². The molecule has 1 N–H and O–H groups in total. The average Bonchev–Trinajstić information content (AvgIpc) is 2.64. The molecule has 1 saturated heterocycles. The van der Waals surface area contributed by atoms with Gasteiger partial charge in [0.25, 0.3) is 0 Å². The molecule has 1 atom stereocenters. The van der Waals surface area contributed by atoms with E-state index in [2.05, 4.69) is 79.5 Å². The minimum atomic E-state index is 0.0636. The molecule has 3 nitrogen and oxygen atoms in total. The molecular formula is C23H30N2O. The summed E-state index contributed by atoms with van der Waals surface area (Å²) in [6, 6.07) is 17.2. The van der Waals surface area contributed by atoms with E-state index in [1.165, 1.54) is 22.3 Å². The summed E-state index contributed by atoms with van der Waals surface area (Å²) in [7, 11) is 0. The molecule has 0 aromatic heterocycles. The number of benzene rings is 2. The highest BCUT2D eigenvalue weighted by Gasteiger charge is 2.25. The maximum Gasteiger partial charge on any atom is 0.223 e. The van der Waals surface area contributed by atoms with Crippen molar-refractivity contribution in [2.45, 2.75) is 46.2 Å². The van der Waals surface area contributed by atoms with Crippen LogP contribution in [0.2, 0.25) is 0 Å². The predicted molar refractivity (Wildman–Crippen MR) is 107 cm³/mol. The monoisotopic (exact) mass is 350 g/mol. The van der Waals surface area contributed by atoms with Crippen LogP contribution in [0.4, 0.5) is 0 Å². The van der Waals surface area contributed by atoms with Crippen LogP contribution in [0.5, 0.6) is 0 Å². The number of amides is 1. The minimum absolute atomic E-state index is 0.0636. The van der Waals surface area contributed by atoms with Gasteiger partial charge in [0.1, 0.15) is 0 Å². The number of nitrogens with one attached hydrogen (secondary N) is 1. The third-order valence-corrected chi connectivity index (χ3v) is 5.42. The Morgan fingerprint density at radius 1 is 1.00 bits per heavy atom. The Labute approximate surface area is 157 Å². The standard InChI is InChI=1S/C23H30N2O/c1-17-4-8-20(9-5-17)16-25-14-12-22(13-15-25)23(26)24-19(3)21-10-6-18(2)7-11-21/h4-11,19,22H,12-16H2,1-3H3,(H,24,26)/t19-/m0/s1. The lowest BCUT2D eigenvalue weighted by Gasteiger charge is -2.32. The van der Waals surface area contributed by atoms with E-state index in [1.54, 1.807) is 0 Å². The molecule has 3 heteroatoms. The highest BCUT2D eigenvalue weighted by atomic mass is 16.1. The van der Waals surface area contributed by atoms with Crippen LogP contribution in [0.25, 0.3) is 0 Å². The Kier molecular flexibility index (Phi) is 6.10. The van der Waals surface area contributed by atoms with E-state index < -0.39 is 0 Å². The van der Waals surface area contributed by atoms with Crippen molar-refractivity contribution in [2.24, 2.45) is 5.92 Å². The third-order valence-electron chi connectivity index (χ3n) is 5.42. The quantitative estimate of drug-likeness (QED) is 0.867. The molecule has 0 unspecified atom stereocenters. The molecule has 0 spiro atoms. The Morgan fingerprint density at radius 3 is 2.12 bits per heavy atom. The average molecular weight is 351 g/mol. The second-order valence-corrected chi connectivity index (χ2v) is 7.68. The van der Waals surface area contributed by atoms with Crippen LogP contribution in [0, 0.1) is 19.8 Å². The van der Waals surface area contributed by atoms with Crippen LogP contribution >= 0.6 is 0 Å². The predicted octanol–water partition coefficient (Wildman–Crippen LogP) is 4.39. The molecule has 2 aromatic rings. The van der Waals surface area contributed by atoms with Gasteiger partial charge in [-0.15, -0.1) is 0 Å². The van der Waals surface area contributed by atoms with Crippen molar-refractivity contribution in [3.8, 4) is 0 Å². The molecule has 138 valence electrons. The molecular weight excluding hydrogens is 320 g/mol. The molecule has 3 rings (SSSR count). The zero-order chi connectivity index (χ0) is 18.5. The van der Waals surface area contributed by atoms with Crippen LogP contribution in [-0.2, 0) is 11.3 Å². The highest BCUT2D eigenvalue weighted by Crippen LogP contribution is 2.21. The van der Waals surface area contributed by atoms with Crippen LogP contribution < -0.4 is 5.32 Å². The minimum Gasteiger partial charge on any atom is -0.349 e. The van der Waals surface area contributed by atoms with Gasteiger partial charge in [-0.25, -0.2) is 0 Å². The number of rotatable bonds is 5. The second-order valence-electron chi connectivity index (χ2n) is 7.68. The second kappa shape index (κ2) is 8.50. The number of carbonyl (C=O) groups excluding carboxylic acids is 1. The van der Waals surface area contributed by atoms with Crippen molar-refractivity contribution in [3.63, 3.8) is 0 Å². The van der Waals surface area contributed by atoms with Crippen molar-refractivity contribution in [1.82, 2.24) is 10.2 Å². The molecule has 1 aliphatic rings. The van der Waals surface area contributed by atoms with Gasteiger partial charge in [-0.3, -0.25) is 9.69 Å². The Bertz CT molecular complexity index is 713. The summed E-state index contributed by atoms with van der Waals surface area (Å²) in [4.78, 5) is 15.1. The van der Waals surface area contributed by atoms with Crippen molar-refractivity contribution in [3.05, 3.63) is 70.8 Å². The summed E-state index contributed by atoms with van der Waals surface area (Å²) in [5, 5.41) is 3.20. The van der Waals surface area contributed by atoms with E-state index >= 15 is 0 Å².